The van der Waals surface area contributed by atoms with Crippen LogP contribution in [0, 0.1) is 0 Å². The lowest BCUT2D eigenvalue weighted by Crippen LogP contribution is -2.40. The highest BCUT2D eigenvalue weighted by Gasteiger charge is 2.42. The van der Waals surface area contributed by atoms with Gasteiger partial charge in [0, 0.05) is 12.5 Å². The van der Waals surface area contributed by atoms with Gasteiger partial charge in [-0.3, -0.25) is 0 Å². The van der Waals surface area contributed by atoms with Gasteiger partial charge in [0.25, 0.3) is 0 Å². The fraction of sp³-hybridized carbons (Fsp3) is 0.208. The van der Waals surface area contributed by atoms with Crippen LogP contribution in [-0.2, 0) is 5.54 Å². The number of rotatable bonds is 5. The van der Waals surface area contributed by atoms with Crippen molar-refractivity contribution in [1.82, 2.24) is 25.5 Å². The van der Waals surface area contributed by atoms with Crippen LogP contribution in [0.25, 0.3) is 0 Å². The van der Waals surface area contributed by atoms with Crippen molar-refractivity contribution in [3.63, 3.8) is 0 Å². The summed E-state index contributed by atoms with van der Waals surface area (Å²) in [5.41, 5.74) is 2.76. The van der Waals surface area contributed by atoms with Crippen LogP contribution >= 0.6 is 0 Å². The molecule has 0 aliphatic carbocycles. The standard InChI is InChI=1S/C24H23N5/c1-4-10-20(11-5-1)24(21-12-6-2-7-13-21,22-14-8-3-9-15-22)29-23(26-27-28-29)19-16-17-25-18-19/h1-15,19,25H,16-18H2. The molecule has 5 nitrogen and oxygen atoms in total. The van der Waals surface area contributed by atoms with Gasteiger partial charge >= 0.3 is 0 Å². The molecule has 1 saturated heterocycles. The maximum absolute atomic E-state index is 4.59. The number of aromatic nitrogens is 4. The highest BCUT2D eigenvalue weighted by Crippen LogP contribution is 2.41. The van der Waals surface area contributed by atoms with Crippen LogP contribution in [-0.4, -0.2) is 33.3 Å². The SMILES string of the molecule is c1ccc(C(c2ccccc2)(c2ccccc2)n2nnnc2C2CCNC2)cc1. The van der Waals surface area contributed by atoms with E-state index in [0.717, 1.165) is 42.0 Å². The summed E-state index contributed by atoms with van der Waals surface area (Å²) in [5.74, 6) is 1.21. The van der Waals surface area contributed by atoms with E-state index >= 15 is 0 Å². The van der Waals surface area contributed by atoms with Crippen LogP contribution in [0.15, 0.2) is 91.0 Å². The van der Waals surface area contributed by atoms with Gasteiger partial charge in [-0.1, -0.05) is 91.0 Å². The lowest BCUT2D eigenvalue weighted by Gasteiger charge is -2.36. The molecule has 1 fully saturated rings. The van der Waals surface area contributed by atoms with Crippen molar-refractivity contribution in [3.05, 3.63) is 114 Å². The Hall–Kier alpha value is -3.31. The molecule has 0 bridgehead atoms. The van der Waals surface area contributed by atoms with Crippen LogP contribution in [0.4, 0.5) is 0 Å². The average molecular weight is 381 g/mol. The summed E-state index contributed by atoms with van der Waals surface area (Å²) in [6.07, 6.45) is 1.04. The van der Waals surface area contributed by atoms with Crippen LogP contribution in [0.1, 0.15) is 34.9 Å². The fourth-order valence-electron chi connectivity index (χ4n) is 4.47. The second-order valence-electron chi connectivity index (χ2n) is 7.45. The lowest BCUT2D eigenvalue weighted by molar-refractivity contribution is 0.418. The molecule has 4 aromatic rings. The summed E-state index contributed by atoms with van der Waals surface area (Å²) < 4.78 is 2.05. The molecule has 0 amide bonds. The number of tetrazole rings is 1. The topological polar surface area (TPSA) is 55.6 Å². The van der Waals surface area contributed by atoms with Crippen molar-refractivity contribution in [1.29, 1.82) is 0 Å². The van der Waals surface area contributed by atoms with Gasteiger partial charge in [0.1, 0.15) is 5.54 Å². The Morgan fingerprint density at radius 1 is 0.759 bits per heavy atom. The van der Waals surface area contributed by atoms with Gasteiger partial charge in [-0.15, -0.1) is 5.10 Å². The molecule has 1 aliphatic heterocycles. The van der Waals surface area contributed by atoms with Crippen LogP contribution in [0.5, 0.6) is 0 Å². The first kappa shape index (κ1) is 17.8. The Morgan fingerprint density at radius 3 is 1.72 bits per heavy atom. The third-order valence-electron chi connectivity index (χ3n) is 5.81. The van der Waals surface area contributed by atoms with E-state index in [-0.39, 0.29) is 0 Å². The minimum Gasteiger partial charge on any atom is -0.316 e. The van der Waals surface area contributed by atoms with E-state index in [4.69, 9.17) is 0 Å². The molecule has 5 rings (SSSR count). The highest BCUT2D eigenvalue weighted by atomic mass is 15.6. The number of hydrogen-bond donors (Lipinski definition) is 1. The predicted octanol–water partition coefficient (Wildman–Crippen LogP) is 3.59. The van der Waals surface area contributed by atoms with Crippen molar-refractivity contribution in [3.8, 4) is 0 Å². The molecule has 5 heteroatoms. The number of hydrogen-bond acceptors (Lipinski definition) is 4. The van der Waals surface area contributed by atoms with Crippen molar-refractivity contribution >= 4 is 0 Å². The van der Waals surface area contributed by atoms with Gasteiger partial charge in [0.2, 0.25) is 0 Å². The van der Waals surface area contributed by atoms with Crippen LogP contribution in [0.3, 0.4) is 0 Å². The van der Waals surface area contributed by atoms with Gasteiger partial charge in [0.15, 0.2) is 5.82 Å². The van der Waals surface area contributed by atoms with Gasteiger partial charge in [-0.25, -0.2) is 4.68 Å². The Bertz CT molecular complexity index is 957. The molecule has 1 atom stereocenters. The van der Waals surface area contributed by atoms with E-state index in [1.807, 2.05) is 22.9 Å². The van der Waals surface area contributed by atoms with E-state index in [9.17, 15) is 0 Å². The minimum atomic E-state index is -0.648. The summed E-state index contributed by atoms with van der Waals surface area (Å²) in [7, 11) is 0. The first-order valence-electron chi connectivity index (χ1n) is 10.1. The van der Waals surface area contributed by atoms with Crippen LogP contribution < -0.4 is 5.32 Å². The second kappa shape index (κ2) is 7.60. The quantitative estimate of drug-likeness (QED) is 0.537. The van der Waals surface area contributed by atoms with Gasteiger partial charge in [0.05, 0.1) is 0 Å². The third kappa shape index (κ3) is 2.95. The Balaban J connectivity index is 1.86. The maximum Gasteiger partial charge on any atom is 0.157 e. The monoisotopic (exact) mass is 381 g/mol. The smallest absolute Gasteiger partial charge is 0.157 e. The molecule has 144 valence electrons. The zero-order valence-corrected chi connectivity index (χ0v) is 16.1. The summed E-state index contributed by atoms with van der Waals surface area (Å²) in [4.78, 5) is 0. The largest absolute Gasteiger partial charge is 0.316 e. The predicted molar refractivity (Wildman–Crippen MR) is 113 cm³/mol. The molecular formula is C24H23N5. The molecule has 0 saturated carbocycles. The van der Waals surface area contributed by atoms with Gasteiger partial charge < -0.3 is 5.32 Å². The molecule has 1 N–H and O–H groups in total. The molecule has 0 spiro atoms. The molecule has 1 unspecified atom stereocenters. The van der Waals surface area contributed by atoms with E-state index < -0.39 is 5.54 Å². The number of nitrogens with one attached hydrogen (secondary N) is 1. The number of benzene rings is 3. The zero-order valence-electron chi connectivity index (χ0n) is 16.1. The van der Waals surface area contributed by atoms with E-state index in [0.29, 0.717) is 5.92 Å². The second-order valence-corrected chi connectivity index (χ2v) is 7.45. The molecule has 3 aromatic carbocycles. The van der Waals surface area contributed by atoms with Crippen molar-refractivity contribution < 1.29 is 0 Å². The number of nitrogens with zero attached hydrogens (tertiary/aromatic N) is 4. The normalized spacial score (nSPS) is 16.8. The Labute approximate surface area is 170 Å². The van der Waals surface area contributed by atoms with Crippen molar-refractivity contribution in [2.24, 2.45) is 0 Å². The zero-order chi connectivity index (χ0) is 19.5. The van der Waals surface area contributed by atoms with Crippen molar-refractivity contribution in [2.75, 3.05) is 13.1 Å². The maximum atomic E-state index is 4.59. The molecule has 1 aromatic heterocycles. The van der Waals surface area contributed by atoms with E-state index in [1.165, 1.54) is 0 Å². The Morgan fingerprint density at radius 2 is 1.28 bits per heavy atom. The van der Waals surface area contributed by atoms with Crippen molar-refractivity contribution in [2.45, 2.75) is 17.9 Å². The highest BCUT2D eigenvalue weighted by molar-refractivity contribution is 5.50. The van der Waals surface area contributed by atoms with Gasteiger partial charge in [-0.05, 0) is 40.1 Å². The van der Waals surface area contributed by atoms with Gasteiger partial charge in [-0.2, -0.15) is 0 Å². The summed E-state index contributed by atoms with van der Waals surface area (Å²) in [6.45, 7) is 1.89. The first-order valence-corrected chi connectivity index (χ1v) is 10.1. The molecule has 0 radical (unpaired) electrons. The third-order valence-corrected chi connectivity index (χ3v) is 5.81. The fourth-order valence-corrected chi connectivity index (χ4v) is 4.47. The summed E-state index contributed by atoms with van der Waals surface area (Å²) in [5, 5.41) is 16.7. The molecule has 2 heterocycles. The summed E-state index contributed by atoms with van der Waals surface area (Å²) >= 11 is 0. The average Bonchev–Trinajstić information content (AvgIpc) is 3.49. The van der Waals surface area contributed by atoms with Crippen LogP contribution in [0.2, 0.25) is 0 Å². The molecule has 1 aliphatic rings. The molecule has 29 heavy (non-hydrogen) atoms. The minimum absolute atomic E-state index is 0.292. The lowest BCUT2D eigenvalue weighted by atomic mass is 9.76. The Kier molecular flexibility index (Phi) is 4.66. The van der Waals surface area contributed by atoms with E-state index in [1.54, 1.807) is 0 Å². The summed E-state index contributed by atoms with van der Waals surface area (Å²) in [6, 6.07) is 31.6. The first-order chi connectivity index (χ1) is 14.4. The van der Waals surface area contributed by atoms with E-state index in [2.05, 4.69) is 93.6 Å². The molecular weight excluding hydrogens is 358 g/mol.